The maximum absolute atomic E-state index is 12.2. The quantitative estimate of drug-likeness (QED) is 0.903. The van der Waals surface area contributed by atoms with Crippen molar-refractivity contribution in [3.05, 3.63) is 23.8 Å². The monoisotopic (exact) mass is 258 g/mol. The molecule has 0 heterocycles. The van der Waals surface area contributed by atoms with Crippen LogP contribution in [0, 0.1) is 24.7 Å². The van der Waals surface area contributed by atoms with E-state index in [-0.39, 0.29) is 11.8 Å². The summed E-state index contributed by atoms with van der Waals surface area (Å²) < 4.78 is 0. The minimum absolute atomic E-state index is 0.216. The second-order valence-corrected chi connectivity index (χ2v) is 6.31. The van der Waals surface area contributed by atoms with E-state index in [2.05, 4.69) is 29.3 Å². The second kappa shape index (κ2) is 4.55. The Bertz CT molecular complexity index is 499. The number of nitrogens with one attached hydrogen (secondary N) is 1. The summed E-state index contributed by atoms with van der Waals surface area (Å²) in [4.78, 5) is 14.3. The van der Waals surface area contributed by atoms with E-state index in [4.69, 9.17) is 0 Å². The first kappa shape index (κ1) is 12.5. The van der Waals surface area contributed by atoms with Gasteiger partial charge in [-0.2, -0.15) is 0 Å². The Morgan fingerprint density at radius 2 is 1.89 bits per heavy atom. The maximum Gasteiger partial charge on any atom is 0.227 e. The van der Waals surface area contributed by atoms with Crippen molar-refractivity contribution < 1.29 is 4.79 Å². The third kappa shape index (κ3) is 2.46. The molecule has 1 aromatic rings. The highest BCUT2D eigenvalue weighted by Gasteiger charge is 2.47. The first-order valence-electron chi connectivity index (χ1n) is 7.13. The molecule has 102 valence electrons. The summed E-state index contributed by atoms with van der Waals surface area (Å²) in [6.45, 7) is 2.05. The van der Waals surface area contributed by atoms with E-state index < -0.39 is 0 Å². The highest BCUT2D eigenvalue weighted by molar-refractivity contribution is 5.93. The Morgan fingerprint density at radius 3 is 2.47 bits per heavy atom. The smallest absolute Gasteiger partial charge is 0.227 e. The molecule has 19 heavy (non-hydrogen) atoms. The molecule has 0 saturated heterocycles. The average Bonchev–Trinajstić information content (AvgIpc) is 2.98. The van der Waals surface area contributed by atoms with E-state index in [1.165, 1.54) is 6.42 Å². The van der Waals surface area contributed by atoms with E-state index in [9.17, 15) is 4.79 Å². The fourth-order valence-electron chi connectivity index (χ4n) is 3.23. The lowest BCUT2D eigenvalue weighted by Crippen LogP contribution is -2.22. The van der Waals surface area contributed by atoms with Gasteiger partial charge in [-0.1, -0.05) is 0 Å². The lowest BCUT2D eigenvalue weighted by atomic mass is 10.0. The van der Waals surface area contributed by atoms with Gasteiger partial charge in [-0.25, -0.2) is 0 Å². The lowest BCUT2D eigenvalue weighted by molar-refractivity contribution is -0.120. The predicted octanol–water partition coefficient (Wildman–Crippen LogP) is 3.05. The van der Waals surface area contributed by atoms with Crippen LogP contribution in [0.3, 0.4) is 0 Å². The molecule has 0 spiro atoms. The van der Waals surface area contributed by atoms with E-state index in [0.717, 1.165) is 41.6 Å². The number of hydrogen-bond donors (Lipinski definition) is 1. The van der Waals surface area contributed by atoms with Crippen molar-refractivity contribution in [2.75, 3.05) is 24.3 Å². The second-order valence-electron chi connectivity index (χ2n) is 6.31. The number of amides is 1. The first-order chi connectivity index (χ1) is 9.04. The SMILES string of the molecule is Cc1cc(N(C)C)ccc1NC(=O)C1CC2CC2C1. The zero-order valence-electron chi connectivity index (χ0n) is 11.9. The summed E-state index contributed by atoms with van der Waals surface area (Å²) in [6, 6.07) is 6.18. The summed E-state index contributed by atoms with van der Waals surface area (Å²) in [5.74, 6) is 2.17. The van der Waals surface area contributed by atoms with Crippen LogP contribution < -0.4 is 10.2 Å². The molecular formula is C16H22N2O. The zero-order chi connectivity index (χ0) is 13.6. The van der Waals surface area contributed by atoms with E-state index in [0.29, 0.717) is 0 Å². The normalized spacial score (nSPS) is 27.8. The molecule has 2 aliphatic rings. The maximum atomic E-state index is 12.2. The third-order valence-electron chi connectivity index (χ3n) is 4.60. The van der Waals surface area contributed by atoms with Gasteiger partial charge >= 0.3 is 0 Å². The van der Waals surface area contributed by atoms with Crippen molar-refractivity contribution in [2.24, 2.45) is 17.8 Å². The van der Waals surface area contributed by atoms with Crippen LogP contribution in [0.1, 0.15) is 24.8 Å². The first-order valence-corrected chi connectivity index (χ1v) is 7.13. The molecule has 2 aliphatic carbocycles. The summed E-state index contributed by atoms with van der Waals surface area (Å²) in [5.41, 5.74) is 3.25. The lowest BCUT2D eigenvalue weighted by Gasteiger charge is -2.17. The van der Waals surface area contributed by atoms with Crippen LogP contribution in [0.2, 0.25) is 0 Å². The molecule has 0 radical (unpaired) electrons. The van der Waals surface area contributed by atoms with Gasteiger partial charge in [0.05, 0.1) is 0 Å². The van der Waals surface area contributed by atoms with Crippen molar-refractivity contribution in [1.82, 2.24) is 0 Å². The third-order valence-corrected chi connectivity index (χ3v) is 4.60. The number of anilines is 2. The summed E-state index contributed by atoms with van der Waals surface area (Å²) in [7, 11) is 4.05. The van der Waals surface area contributed by atoms with Gasteiger partial charge in [-0.15, -0.1) is 0 Å². The van der Waals surface area contributed by atoms with Crippen LogP contribution in [0.4, 0.5) is 11.4 Å². The van der Waals surface area contributed by atoms with Gasteiger partial charge < -0.3 is 10.2 Å². The summed E-state index contributed by atoms with van der Waals surface area (Å²) in [6.07, 6.45) is 3.57. The minimum atomic E-state index is 0.216. The largest absolute Gasteiger partial charge is 0.378 e. The number of rotatable bonds is 3. The van der Waals surface area contributed by atoms with Crippen LogP contribution >= 0.6 is 0 Å². The molecule has 2 fully saturated rings. The van der Waals surface area contributed by atoms with Crippen molar-refractivity contribution in [1.29, 1.82) is 0 Å². The molecule has 2 atom stereocenters. The Morgan fingerprint density at radius 1 is 1.21 bits per heavy atom. The number of nitrogens with zero attached hydrogens (tertiary/aromatic N) is 1. The van der Waals surface area contributed by atoms with Gasteiger partial charge in [0.25, 0.3) is 0 Å². The molecule has 3 rings (SSSR count). The van der Waals surface area contributed by atoms with Gasteiger partial charge in [0.1, 0.15) is 0 Å². The number of fused-ring (bicyclic) bond motifs is 1. The van der Waals surface area contributed by atoms with Crippen LogP contribution in [-0.2, 0) is 4.79 Å². The highest BCUT2D eigenvalue weighted by atomic mass is 16.1. The number of carbonyl (C=O) groups is 1. The van der Waals surface area contributed by atoms with Gasteiger partial charge in [0, 0.05) is 31.4 Å². The summed E-state index contributed by atoms with van der Waals surface area (Å²) >= 11 is 0. The molecule has 1 N–H and O–H groups in total. The van der Waals surface area contributed by atoms with Crippen LogP contribution in [-0.4, -0.2) is 20.0 Å². The van der Waals surface area contributed by atoms with Crippen molar-refractivity contribution in [3.63, 3.8) is 0 Å². The fourth-order valence-corrected chi connectivity index (χ4v) is 3.23. The van der Waals surface area contributed by atoms with Gasteiger partial charge in [0.15, 0.2) is 0 Å². The number of carbonyl (C=O) groups excluding carboxylic acids is 1. The molecular weight excluding hydrogens is 236 g/mol. The molecule has 1 aromatic carbocycles. The molecule has 2 unspecified atom stereocenters. The number of hydrogen-bond acceptors (Lipinski definition) is 2. The molecule has 2 saturated carbocycles. The molecule has 0 bridgehead atoms. The predicted molar refractivity (Wildman–Crippen MR) is 78.5 cm³/mol. The topological polar surface area (TPSA) is 32.3 Å². The Kier molecular flexibility index (Phi) is 3.00. The summed E-state index contributed by atoms with van der Waals surface area (Å²) in [5, 5.41) is 3.10. The van der Waals surface area contributed by atoms with Crippen LogP contribution in [0.15, 0.2) is 18.2 Å². The van der Waals surface area contributed by atoms with Crippen molar-refractivity contribution >= 4 is 17.3 Å². The standard InChI is InChI=1S/C16H22N2O/c1-10-6-14(18(2)3)4-5-15(10)17-16(19)13-8-11-7-12(11)9-13/h4-6,11-13H,7-9H2,1-3H3,(H,17,19). The fraction of sp³-hybridized carbons (Fsp3) is 0.562. The Balaban J connectivity index is 1.67. The zero-order valence-corrected chi connectivity index (χ0v) is 11.9. The number of benzene rings is 1. The van der Waals surface area contributed by atoms with E-state index in [1.807, 2.05) is 20.2 Å². The van der Waals surface area contributed by atoms with Gasteiger partial charge in [-0.3, -0.25) is 4.79 Å². The Labute approximate surface area is 115 Å². The van der Waals surface area contributed by atoms with Gasteiger partial charge in [-0.05, 0) is 61.8 Å². The van der Waals surface area contributed by atoms with Crippen molar-refractivity contribution in [2.45, 2.75) is 26.2 Å². The van der Waals surface area contributed by atoms with E-state index >= 15 is 0 Å². The van der Waals surface area contributed by atoms with E-state index in [1.54, 1.807) is 0 Å². The van der Waals surface area contributed by atoms with Gasteiger partial charge in [0.2, 0.25) is 5.91 Å². The average molecular weight is 258 g/mol. The van der Waals surface area contributed by atoms with Crippen molar-refractivity contribution in [3.8, 4) is 0 Å². The van der Waals surface area contributed by atoms with Crippen LogP contribution in [0.5, 0.6) is 0 Å². The van der Waals surface area contributed by atoms with Crippen LogP contribution in [0.25, 0.3) is 0 Å². The molecule has 1 amide bonds. The molecule has 3 nitrogen and oxygen atoms in total. The molecule has 0 aromatic heterocycles. The number of aryl methyl sites for hydroxylation is 1. The minimum Gasteiger partial charge on any atom is -0.378 e. The Hall–Kier alpha value is -1.51. The molecule has 0 aliphatic heterocycles. The highest BCUT2D eigenvalue weighted by Crippen LogP contribution is 2.54. The molecule has 3 heteroatoms.